The van der Waals surface area contributed by atoms with Crippen LogP contribution < -0.4 is 0 Å². The van der Waals surface area contributed by atoms with E-state index in [1.807, 2.05) is 6.92 Å². The second kappa shape index (κ2) is 6.80. The average molecular weight is 326 g/mol. The Balaban J connectivity index is 5.22. The molecule has 0 rings (SSSR count). The van der Waals surface area contributed by atoms with Crippen molar-refractivity contribution >= 4 is 21.6 Å². The maximum absolute atomic E-state index is 9.33. The van der Waals surface area contributed by atoms with Crippen molar-refractivity contribution in [3.05, 3.63) is 0 Å². The summed E-state index contributed by atoms with van der Waals surface area (Å²) in [7, 11) is -1.74. The Labute approximate surface area is 117 Å². The van der Waals surface area contributed by atoms with Gasteiger partial charge in [-0.1, -0.05) is 0 Å². The zero-order chi connectivity index (χ0) is 14.4. The van der Waals surface area contributed by atoms with Gasteiger partial charge in [0.05, 0.1) is 0 Å². The molecule has 0 spiro atoms. The normalized spacial score (nSPS) is 15.2. The summed E-state index contributed by atoms with van der Waals surface area (Å²) in [6.07, 6.45) is 0. The molecule has 0 aromatic heterocycles. The van der Waals surface area contributed by atoms with E-state index < -0.39 is 27.2 Å². The topological polar surface area (TPSA) is 33.0 Å². The molecule has 1 unspecified atom stereocenters. The first kappa shape index (κ1) is 17.8. The van der Waals surface area contributed by atoms with E-state index in [9.17, 15) is 5.26 Å². The monoisotopic (exact) mass is 327 g/mol. The van der Waals surface area contributed by atoms with Crippen molar-refractivity contribution in [1.82, 2.24) is 0 Å². The summed E-state index contributed by atoms with van der Waals surface area (Å²) in [6, 6.07) is 2.25. The van der Waals surface area contributed by atoms with Gasteiger partial charge in [0.2, 0.25) is 0 Å². The molecule has 0 fully saturated rings. The molecular formula is C14H27GeNOSi. The van der Waals surface area contributed by atoms with E-state index in [2.05, 4.69) is 57.2 Å². The van der Waals surface area contributed by atoms with Crippen LogP contribution in [0.2, 0.25) is 35.4 Å². The first-order valence-corrected chi connectivity index (χ1v) is 15.7. The zero-order valence-corrected chi connectivity index (χ0v) is 16.1. The fourth-order valence-corrected chi connectivity index (χ4v) is 8.59. The van der Waals surface area contributed by atoms with E-state index >= 15 is 0 Å². The van der Waals surface area contributed by atoms with Crippen LogP contribution >= 0.6 is 0 Å². The number of hydrogen-bond acceptors (Lipinski definition) is 2. The van der Waals surface area contributed by atoms with Crippen molar-refractivity contribution in [2.24, 2.45) is 0 Å². The molecule has 0 aliphatic heterocycles. The second-order valence-electron chi connectivity index (χ2n) is 5.95. The second-order valence-corrected chi connectivity index (χ2v) is 20.7. The van der Waals surface area contributed by atoms with Crippen molar-refractivity contribution in [3.63, 3.8) is 0 Å². The van der Waals surface area contributed by atoms with E-state index in [4.69, 9.17) is 4.43 Å². The molecule has 0 heterocycles. The standard InChI is InChI=1S/C14H27GeNOSi/c1-8-15(9-2,10-3)12-11-14(4,13-16)17-18(5,6)7/h8-10H2,1-7H3. The molecule has 4 heteroatoms. The van der Waals surface area contributed by atoms with Crippen LogP contribution in [-0.4, -0.2) is 27.2 Å². The van der Waals surface area contributed by atoms with Gasteiger partial charge in [-0.2, -0.15) is 0 Å². The summed E-state index contributed by atoms with van der Waals surface area (Å²) in [6.45, 7) is 14.8. The summed E-state index contributed by atoms with van der Waals surface area (Å²) in [4.78, 5) is 0. The molecule has 0 aliphatic rings. The zero-order valence-electron chi connectivity index (χ0n) is 13.0. The van der Waals surface area contributed by atoms with E-state index in [1.54, 1.807) is 0 Å². The van der Waals surface area contributed by atoms with Gasteiger partial charge in [-0.05, 0) is 0 Å². The Morgan fingerprint density at radius 1 is 1.11 bits per heavy atom. The van der Waals surface area contributed by atoms with Crippen LogP contribution in [0.3, 0.4) is 0 Å². The van der Waals surface area contributed by atoms with Crippen molar-refractivity contribution < 1.29 is 4.43 Å². The van der Waals surface area contributed by atoms with Gasteiger partial charge >= 0.3 is 117 Å². The van der Waals surface area contributed by atoms with Crippen LogP contribution in [0.1, 0.15) is 27.7 Å². The van der Waals surface area contributed by atoms with E-state index in [0.29, 0.717) is 0 Å². The molecule has 0 N–H and O–H groups in total. The molecular weight excluding hydrogens is 299 g/mol. The Kier molecular flexibility index (Phi) is 6.71. The third kappa shape index (κ3) is 5.61. The third-order valence-corrected chi connectivity index (χ3v) is 14.2. The van der Waals surface area contributed by atoms with Gasteiger partial charge in [-0.25, -0.2) is 0 Å². The van der Waals surface area contributed by atoms with Gasteiger partial charge in [0, 0.05) is 0 Å². The van der Waals surface area contributed by atoms with Crippen LogP contribution in [0.15, 0.2) is 0 Å². The Morgan fingerprint density at radius 3 is 1.83 bits per heavy atom. The average Bonchev–Trinajstić information content (AvgIpc) is 2.29. The van der Waals surface area contributed by atoms with Crippen LogP contribution in [-0.2, 0) is 4.43 Å². The SMILES string of the molecule is C[CH2][Ge]([C]#CC(C)(C#N)O[Si](C)(C)C)([CH2]C)[CH2]C. The maximum atomic E-state index is 9.33. The predicted octanol–water partition coefficient (Wildman–Crippen LogP) is 4.17. The van der Waals surface area contributed by atoms with E-state index in [0.717, 1.165) is 0 Å². The number of nitrogens with zero attached hydrogens (tertiary/aromatic N) is 1. The molecule has 0 aromatic rings. The Bertz CT molecular complexity index is 360. The summed E-state index contributed by atoms with van der Waals surface area (Å²) in [5.74, 6) is 3.18. The van der Waals surface area contributed by atoms with Crippen molar-refractivity contribution in [2.75, 3.05) is 0 Å². The fourth-order valence-electron chi connectivity index (χ4n) is 1.96. The van der Waals surface area contributed by atoms with Gasteiger partial charge in [0.15, 0.2) is 0 Å². The van der Waals surface area contributed by atoms with Gasteiger partial charge in [-0.15, -0.1) is 0 Å². The van der Waals surface area contributed by atoms with Crippen molar-refractivity contribution in [2.45, 2.75) is 68.7 Å². The molecule has 0 bridgehead atoms. The summed E-state index contributed by atoms with van der Waals surface area (Å²) in [5.41, 5.74) is -0.916. The van der Waals surface area contributed by atoms with Crippen LogP contribution in [0, 0.1) is 22.0 Å². The first-order chi connectivity index (χ1) is 8.16. The molecule has 0 aromatic carbocycles. The third-order valence-electron chi connectivity index (χ3n) is 3.32. The number of nitriles is 1. The van der Waals surface area contributed by atoms with Crippen molar-refractivity contribution in [1.29, 1.82) is 5.26 Å². The molecule has 1 atom stereocenters. The molecule has 0 saturated heterocycles. The molecule has 2 nitrogen and oxygen atoms in total. The fraction of sp³-hybridized carbons (Fsp3) is 0.786. The van der Waals surface area contributed by atoms with Crippen LogP contribution in [0.25, 0.3) is 0 Å². The van der Waals surface area contributed by atoms with E-state index in [1.165, 1.54) is 15.8 Å². The molecule has 0 aliphatic carbocycles. The van der Waals surface area contributed by atoms with Gasteiger partial charge < -0.3 is 0 Å². The Morgan fingerprint density at radius 2 is 1.56 bits per heavy atom. The number of hydrogen-bond donors (Lipinski definition) is 0. The minimum atomic E-state index is -2.03. The van der Waals surface area contributed by atoms with Gasteiger partial charge in [-0.3, -0.25) is 0 Å². The van der Waals surface area contributed by atoms with Crippen LogP contribution in [0.4, 0.5) is 0 Å². The molecule has 18 heavy (non-hydrogen) atoms. The molecule has 0 radical (unpaired) electrons. The van der Waals surface area contributed by atoms with Gasteiger partial charge in [0.1, 0.15) is 0 Å². The summed E-state index contributed by atoms with van der Waals surface area (Å²) < 4.78 is 9.45. The molecule has 0 amide bonds. The Hall–Kier alpha value is -0.230. The predicted molar refractivity (Wildman–Crippen MR) is 83.4 cm³/mol. The summed E-state index contributed by atoms with van der Waals surface area (Å²) in [5, 5.41) is 12.9. The quantitative estimate of drug-likeness (QED) is 0.561. The van der Waals surface area contributed by atoms with E-state index in [-0.39, 0.29) is 0 Å². The van der Waals surface area contributed by atoms with Crippen LogP contribution in [0.5, 0.6) is 0 Å². The van der Waals surface area contributed by atoms with Crippen molar-refractivity contribution in [3.8, 4) is 16.7 Å². The molecule has 0 saturated carbocycles. The van der Waals surface area contributed by atoms with Gasteiger partial charge in [0.25, 0.3) is 0 Å². The number of rotatable bonds is 5. The summed E-state index contributed by atoms with van der Waals surface area (Å²) >= 11 is -2.03. The molecule has 102 valence electrons. The first-order valence-electron chi connectivity index (χ1n) is 6.81. The minimum absolute atomic E-state index is 0.916.